The van der Waals surface area contributed by atoms with Crippen molar-refractivity contribution in [1.82, 2.24) is 4.31 Å². The highest BCUT2D eigenvalue weighted by atomic mass is 32.2. The first-order valence-corrected chi connectivity index (χ1v) is 8.01. The summed E-state index contributed by atoms with van der Waals surface area (Å²) >= 11 is 3.87. The molecular formula is C15H15NS2. The summed E-state index contributed by atoms with van der Waals surface area (Å²) in [5.41, 5.74) is 2.57. The van der Waals surface area contributed by atoms with E-state index in [2.05, 4.69) is 58.9 Å². The Labute approximate surface area is 117 Å². The predicted octanol–water partition coefficient (Wildman–Crippen LogP) is 4.37. The Kier molecular flexibility index (Phi) is 3.93. The lowest BCUT2D eigenvalue weighted by Gasteiger charge is -2.12. The van der Waals surface area contributed by atoms with Crippen LogP contribution in [0.15, 0.2) is 59.5 Å². The van der Waals surface area contributed by atoms with Crippen LogP contribution >= 0.6 is 23.7 Å². The standard InChI is InChI=1S/C15H15NS2/c1-2-4-13(5-3-1)14-6-8-15(9-7-14)18-16-10-11-17-12-16/h1-9H,10-12H2. The van der Waals surface area contributed by atoms with Gasteiger partial charge in [-0.25, -0.2) is 4.31 Å². The van der Waals surface area contributed by atoms with Crippen molar-refractivity contribution in [2.45, 2.75) is 4.90 Å². The van der Waals surface area contributed by atoms with Gasteiger partial charge < -0.3 is 0 Å². The Hall–Kier alpha value is -0.900. The van der Waals surface area contributed by atoms with Gasteiger partial charge in [-0.2, -0.15) is 0 Å². The van der Waals surface area contributed by atoms with Gasteiger partial charge in [0.05, 0.1) is 5.88 Å². The molecule has 1 fully saturated rings. The maximum Gasteiger partial charge on any atom is 0.0550 e. The molecule has 1 heterocycles. The minimum Gasteiger partial charge on any atom is -0.236 e. The van der Waals surface area contributed by atoms with E-state index in [0.717, 1.165) is 5.88 Å². The fourth-order valence-corrected chi connectivity index (χ4v) is 4.06. The summed E-state index contributed by atoms with van der Waals surface area (Å²) < 4.78 is 2.42. The summed E-state index contributed by atoms with van der Waals surface area (Å²) in [6.07, 6.45) is 0. The van der Waals surface area contributed by atoms with Gasteiger partial charge in [-0.3, -0.25) is 0 Å². The van der Waals surface area contributed by atoms with E-state index in [4.69, 9.17) is 0 Å². The van der Waals surface area contributed by atoms with E-state index in [0.29, 0.717) is 0 Å². The Bertz CT molecular complexity index is 490. The molecular weight excluding hydrogens is 258 g/mol. The normalized spacial score (nSPS) is 16.0. The molecule has 0 unspecified atom stereocenters. The molecule has 1 saturated heterocycles. The van der Waals surface area contributed by atoms with Crippen molar-refractivity contribution < 1.29 is 0 Å². The van der Waals surface area contributed by atoms with Crippen LogP contribution in [0.5, 0.6) is 0 Å². The molecule has 0 bridgehead atoms. The zero-order valence-corrected chi connectivity index (χ0v) is 11.7. The summed E-state index contributed by atoms with van der Waals surface area (Å²) in [6.45, 7) is 1.19. The Balaban J connectivity index is 1.72. The molecule has 0 aromatic heterocycles. The van der Waals surface area contributed by atoms with Crippen LogP contribution in [0, 0.1) is 0 Å². The molecule has 1 aliphatic heterocycles. The van der Waals surface area contributed by atoms with Gasteiger partial charge in [-0.05, 0) is 35.2 Å². The predicted molar refractivity (Wildman–Crippen MR) is 81.8 cm³/mol. The van der Waals surface area contributed by atoms with E-state index in [-0.39, 0.29) is 0 Å². The van der Waals surface area contributed by atoms with Gasteiger partial charge >= 0.3 is 0 Å². The molecule has 3 rings (SSSR count). The third kappa shape index (κ3) is 2.91. The van der Waals surface area contributed by atoms with Crippen LogP contribution in [0.2, 0.25) is 0 Å². The fraction of sp³-hybridized carbons (Fsp3) is 0.200. The van der Waals surface area contributed by atoms with Crippen molar-refractivity contribution in [1.29, 1.82) is 0 Å². The molecule has 2 aromatic carbocycles. The van der Waals surface area contributed by atoms with Crippen molar-refractivity contribution >= 4 is 23.7 Å². The smallest absolute Gasteiger partial charge is 0.0550 e. The van der Waals surface area contributed by atoms with Gasteiger partial charge in [0, 0.05) is 17.2 Å². The van der Waals surface area contributed by atoms with Crippen LogP contribution in [0.1, 0.15) is 0 Å². The maximum atomic E-state index is 2.42. The van der Waals surface area contributed by atoms with Crippen molar-refractivity contribution in [2.75, 3.05) is 18.2 Å². The molecule has 0 amide bonds. The minimum absolute atomic E-state index is 1.14. The minimum atomic E-state index is 1.14. The molecule has 3 heteroatoms. The van der Waals surface area contributed by atoms with Crippen LogP contribution in [-0.4, -0.2) is 22.5 Å². The average molecular weight is 273 g/mol. The average Bonchev–Trinajstić information content (AvgIpc) is 2.94. The zero-order chi connectivity index (χ0) is 12.2. The number of hydrogen-bond donors (Lipinski definition) is 0. The lowest BCUT2D eigenvalue weighted by molar-refractivity contribution is 0.612. The first-order valence-electron chi connectivity index (χ1n) is 6.08. The van der Waals surface area contributed by atoms with E-state index >= 15 is 0 Å². The fourth-order valence-electron chi connectivity index (χ4n) is 1.96. The van der Waals surface area contributed by atoms with Gasteiger partial charge in [-0.1, -0.05) is 42.5 Å². The summed E-state index contributed by atoms with van der Waals surface area (Å²) in [6, 6.07) is 19.4. The van der Waals surface area contributed by atoms with Gasteiger partial charge in [0.15, 0.2) is 0 Å². The molecule has 2 aromatic rings. The molecule has 1 nitrogen and oxygen atoms in total. The van der Waals surface area contributed by atoms with Crippen molar-refractivity contribution in [3.8, 4) is 11.1 Å². The summed E-state index contributed by atoms with van der Waals surface area (Å²) in [5.74, 6) is 2.40. The van der Waals surface area contributed by atoms with Crippen LogP contribution in [0.25, 0.3) is 11.1 Å². The highest BCUT2D eigenvalue weighted by molar-refractivity contribution is 8.02. The van der Waals surface area contributed by atoms with E-state index in [9.17, 15) is 0 Å². The summed E-state index contributed by atoms with van der Waals surface area (Å²) in [5, 5.41) is 0. The highest BCUT2D eigenvalue weighted by Crippen LogP contribution is 2.30. The Morgan fingerprint density at radius 3 is 2.28 bits per heavy atom. The lowest BCUT2D eigenvalue weighted by atomic mass is 10.1. The number of nitrogens with zero attached hydrogens (tertiary/aromatic N) is 1. The second kappa shape index (κ2) is 5.83. The van der Waals surface area contributed by atoms with Crippen molar-refractivity contribution in [2.24, 2.45) is 0 Å². The first kappa shape index (κ1) is 12.2. The van der Waals surface area contributed by atoms with Crippen LogP contribution in [0.3, 0.4) is 0 Å². The Morgan fingerprint density at radius 1 is 0.889 bits per heavy atom. The van der Waals surface area contributed by atoms with Gasteiger partial charge in [0.1, 0.15) is 0 Å². The molecule has 1 aliphatic rings. The second-order valence-electron chi connectivity index (χ2n) is 4.22. The van der Waals surface area contributed by atoms with Gasteiger partial charge in [0.2, 0.25) is 0 Å². The maximum absolute atomic E-state index is 2.42. The molecule has 18 heavy (non-hydrogen) atoms. The molecule has 0 atom stereocenters. The number of thioether (sulfide) groups is 1. The second-order valence-corrected chi connectivity index (χ2v) is 6.47. The molecule has 0 aliphatic carbocycles. The van der Waals surface area contributed by atoms with Crippen molar-refractivity contribution in [3.63, 3.8) is 0 Å². The van der Waals surface area contributed by atoms with Gasteiger partial charge in [-0.15, -0.1) is 11.8 Å². The molecule has 0 radical (unpaired) electrons. The third-order valence-corrected chi connectivity index (χ3v) is 5.10. The summed E-state index contributed by atoms with van der Waals surface area (Å²) in [4.78, 5) is 1.33. The SMILES string of the molecule is c1ccc(-c2ccc(SN3CCSC3)cc2)cc1. The quantitative estimate of drug-likeness (QED) is 0.765. The third-order valence-electron chi connectivity index (χ3n) is 2.92. The van der Waals surface area contributed by atoms with E-state index in [1.807, 2.05) is 23.7 Å². The van der Waals surface area contributed by atoms with E-state index < -0.39 is 0 Å². The van der Waals surface area contributed by atoms with Gasteiger partial charge in [0.25, 0.3) is 0 Å². The largest absolute Gasteiger partial charge is 0.236 e. The van der Waals surface area contributed by atoms with Crippen LogP contribution in [-0.2, 0) is 0 Å². The van der Waals surface area contributed by atoms with E-state index in [1.165, 1.54) is 28.3 Å². The monoisotopic (exact) mass is 273 g/mol. The highest BCUT2D eigenvalue weighted by Gasteiger charge is 2.12. The molecule has 0 saturated carbocycles. The molecule has 0 spiro atoms. The van der Waals surface area contributed by atoms with Crippen LogP contribution < -0.4 is 0 Å². The molecule has 92 valence electrons. The van der Waals surface area contributed by atoms with E-state index in [1.54, 1.807) is 0 Å². The topological polar surface area (TPSA) is 3.24 Å². The number of hydrogen-bond acceptors (Lipinski definition) is 3. The first-order chi connectivity index (χ1) is 8.92. The zero-order valence-electron chi connectivity index (χ0n) is 10.1. The van der Waals surface area contributed by atoms with Crippen molar-refractivity contribution in [3.05, 3.63) is 54.6 Å². The summed E-state index contributed by atoms with van der Waals surface area (Å²) in [7, 11) is 0. The molecule has 0 N–H and O–H groups in total. The van der Waals surface area contributed by atoms with Crippen LogP contribution in [0.4, 0.5) is 0 Å². The lowest BCUT2D eigenvalue weighted by Crippen LogP contribution is -2.08. The number of benzene rings is 2. The Morgan fingerprint density at radius 2 is 1.61 bits per heavy atom. The number of rotatable bonds is 3.